The number of alkyl carbamates (subject to hydrolysis) is 1. The van der Waals surface area contributed by atoms with Crippen molar-refractivity contribution in [3.8, 4) is 0 Å². The molecule has 0 aromatic carbocycles. The highest BCUT2D eigenvalue weighted by molar-refractivity contribution is 5.68. The second-order valence-corrected chi connectivity index (χ2v) is 7.45. The Hall–Kier alpha value is -0.810. The highest BCUT2D eigenvalue weighted by Gasteiger charge is 2.45. The molecule has 5 heteroatoms. The van der Waals surface area contributed by atoms with Crippen LogP contribution in [0.15, 0.2) is 0 Å². The van der Waals surface area contributed by atoms with Gasteiger partial charge in [-0.1, -0.05) is 6.92 Å². The molecule has 0 aromatic rings. The minimum Gasteiger partial charge on any atom is -0.444 e. The minimum atomic E-state index is -0.459. The summed E-state index contributed by atoms with van der Waals surface area (Å²) in [5.74, 6) is 0.811. The van der Waals surface area contributed by atoms with E-state index in [1.807, 2.05) is 27.7 Å². The molecule has 0 aliphatic heterocycles. The van der Waals surface area contributed by atoms with Crippen LogP contribution in [0.4, 0.5) is 4.79 Å². The number of hydrogen-bond acceptors (Lipinski definition) is 4. The molecule has 122 valence electrons. The Morgan fingerprint density at radius 2 is 1.90 bits per heavy atom. The van der Waals surface area contributed by atoms with Crippen LogP contribution in [-0.4, -0.2) is 42.5 Å². The molecule has 0 saturated heterocycles. The molecule has 0 bridgehead atoms. The Bertz CT molecular complexity index is 361. The standard InChI is InChI=1S/C16H30N2O3/c1-6-20-13-9-12(18-15(19)21-16(3,4)5)14(13)17-11-7-10(2)8-11/h10-14,17H,6-9H2,1-5H3,(H,18,19). The van der Waals surface area contributed by atoms with Crippen molar-refractivity contribution in [1.29, 1.82) is 0 Å². The molecule has 5 nitrogen and oxygen atoms in total. The summed E-state index contributed by atoms with van der Waals surface area (Å²) in [6, 6.07) is 0.874. The van der Waals surface area contributed by atoms with Gasteiger partial charge in [-0.3, -0.25) is 0 Å². The monoisotopic (exact) mass is 298 g/mol. The third kappa shape index (κ3) is 4.58. The number of rotatable bonds is 5. The van der Waals surface area contributed by atoms with Crippen LogP contribution in [0.5, 0.6) is 0 Å². The fraction of sp³-hybridized carbons (Fsp3) is 0.938. The van der Waals surface area contributed by atoms with E-state index in [2.05, 4.69) is 17.6 Å². The zero-order chi connectivity index (χ0) is 15.6. The first kappa shape index (κ1) is 16.6. The van der Waals surface area contributed by atoms with Crippen LogP contribution >= 0.6 is 0 Å². The van der Waals surface area contributed by atoms with Crippen LogP contribution in [0.3, 0.4) is 0 Å². The van der Waals surface area contributed by atoms with Gasteiger partial charge >= 0.3 is 6.09 Å². The van der Waals surface area contributed by atoms with Crippen molar-refractivity contribution >= 4 is 6.09 Å². The number of amides is 1. The van der Waals surface area contributed by atoms with Gasteiger partial charge in [0.05, 0.1) is 18.2 Å². The van der Waals surface area contributed by atoms with E-state index in [4.69, 9.17) is 9.47 Å². The van der Waals surface area contributed by atoms with Crippen LogP contribution in [0.25, 0.3) is 0 Å². The zero-order valence-electron chi connectivity index (χ0n) is 13.9. The Kier molecular flexibility index (Phi) is 5.15. The van der Waals surface area contributed by atoms with E-state index in [1.165, 1.54) is 12.8 Å². The summed E-state index contributed by atoms with van der Waals surface area (Å²) in [7, 11) is 0. The molecular formula is C16H30N2O3. The first-order chi connectivity index (χ1) is 9.78. The number of carbonyl (C=O) groups excluding carboxylic acids is 1. The van der Waals surface area contributed by atoms with Gasteiger partial charge in [0.1, 0.15) is 5.60 Å². The average molecular weight is 298 g/mol. The molecule has 2 rings (SSSR count). The first-order valence-electron chi connectivity index (χ1n) is 8.15. The van der Waals surface area contributed by atoms with E-state index < -0.39 is 5.60 Å². The summed E-state index contributed by atoms with van der Waals surface area (Å²) in [5, 5.41) is 6.61. The van der Waals surface area contributed by atoms with Gasteiger partial charge in [-0.2, -0.15) is 0 Å². The third-order valence-electron chi connectivity index (χ3n) is 4.21. The maximum Gasteiger partial charge on any atom is 0.407 e. The molecular weight excluding hydrogens is 268 g/mol. The molecule has 2 saturated carbocycles. The lowest BCUT2D eigenvalue weighted by Crippen LogP contribution is -2.68. The molecule has 3 unspecified atom stereocenters. The predicted octanol–water partition coefficient (Wildman–Crippen LogP) is 2.45. The van der Waals surface area contributed by atoms with Gasteiger partial charge in [-0.25, -0.2) is 4.79 Å². The van der Waals surface area contributed by atoms with Gasteiger partial charge in [-0.15, -0.1) is 0 Å². The van der Waals surface area contributed by atoms with Crippen molar-refractivity contribution in [2.24, 2.45) is 5.92 Å². The number of ether oxygens (including phenoxy) is 2. The average Bonchev–Trinajstić information content (AvgIpc) is 2.29. The highest BCUT2D eigenvalue weighted by Crippen LogP contribution is 2.31. The molecule has 1 amide bonds. The smallest absolute Gasteiger partial charge is 0.407 e. The van der Waals surface area contributed by atoms with E-state index in [9.17, 15) is 4.79 Å². The SMILES string of the molecule is CCOC1CC(NC(=O)OC(C)(C)C)C1NC1CC(C)C1. The van der Waals surface area contributed by atoms with E-state index in [1.54, 1.807) is 0 Å². The second-order valence-electron chi connectivity index (χ2n) is 7.45. The fourth-order valence-corrected chi connectivity index (χ4v) is 3.13. The molecule has 0 heterocycles. The predicted molar refractivity (Wildman–Crippen MR) is 82.3 cm³/mol. The molecule has 0 radical (unpaired) electrons. The molecule has 21 heavy (non-hydrogen) atoms. The molecule has 2 N–H and O–H groups in total. The van der Waals surface area contributed by atoms with Crippen LogP contribution in [0.2, 0.25) is 0 Å². The van der Waals surface area contributed by atoms with E-state index in [-0.39, 0.29) is 24.3 Å². The number of carbonyl (C=O) groups is 1. The lowest BCUT2D eigenvalue weighted by Gasteiger charge is -2.48. The maximum absolute atomic E-state index is 11.9. The molecule has 2 aliphatic carbocycles. The van der Waals surface area contributed by atoms with E-state index in [0.29, 0.717) is 12.6 Å². The van der Waals surface area contributed by atoms with Crippen LogP contribution in [0.1, 0.15) is 53.9 Å². The molecule has 0 spiro atoms. The summed E-state index contributed by atoms with van der Waals surface area (Å²) < 4.78 is 11.1. The maximum atomic E-state index is 11.9. The first-order valence-corrected chi connectivity index (χ1v) is 8.15. The van der Waals surface area contributed by atoms with Crippen molar-refractivity contribution in [3.05, 3.63) is 0 Å². The van der Waals surface area contributed by atoms with Gasteiger partial charge in [0.2, 0.25) is 0 Å². The van der Waals surface area contributed by atoms with Gasteiger partial charge in [0, 0.05) is 12.6 Å². The van der Waals surface area contributed by atoms with E-state index in [0.717, 1.165) is 12.3 Å². The van der Waals surface area contributed by atoms with Gasteiger partial charge < -0.3 is 20.1 Å². The molecule has 3 atom stereocenters. The van der Waals surface area contributed by atoms with Crippen LogP contribution in [-0.2, 0) is 9.47 Å². The van der Waals surface area contributed by atoms with Gasteiger partial charge in [0.15, 0.2) is 0 Å². The number of nitrogens with one attached hydrogen (secondary N) is 2. The highest BCUT2D eigenvalue weighted by atomic mass is 16.6. The Morgan fingerprint density at radius 1 is 1.24 bits per heavy atom. The topological polar surface area (TPSA) is 59.6 Å². The van der Waals surface area contributed by atoms with Crippen molar-refractivity contribution in [1.82, 2.24) is 10.6 Å². The fourth-order valence-electron chi connectivity index (χ4n) is 3.13. The summed E-state index contributed by atoms with van der Waals surface area (Å²) in [4.78, 5) is 11.9. The molecule has 2 aliphatic rings. The quantitative estimate of drug-likeness (QED) is 0.818. The summed E-state index contributed by atoms with van der Waals surface area (Å²) in [5.41, 5.74) is -0.459. The zero-order valence-corrected chi connectivity index (χ0v) is 13.9. The van der Waals surface area contributed by atoms with Gasteiger partial charge in [0.25, 0.3) is 0 Å². The normalized spacial score (nSPS) is 35.6. The summed E-state index contributed by atoms with van der Waals surface area (Å²) in [6.45, 7) is 10.6. The summed E-state index contributed by atoms with van der Waals surface area (Å²) >= 11 is 0. The van der Waals surface area contributed by atoms with E-state index >= 15 is 0 Å². The van der Waals surface area contributed by atoms with Crippen molar-refractivity contribution < 1.29 is 14.3 Å². The van der Waals surface area contributed by atoms with Crippen LogP contribution in [0, 0.1) is 5.92 Å². The Balaban J connectivity index is 1.82. The third-order valence-corrected chi connectivity index (χ3v) is 4.21. The number of hydrogen-bond donors (Lipinski definition) is 2. The lowest BCUT2D eigenvalue weighted by atomic mass is 9.77. The van der Waals surface area contributed by atoms with Crippen molar-refractivity contribution in [2.45, 2.75) is 83.7 Å². The Labute approximate surface area is 128 Å². The Morgan fingerprint density at radius 3 is 2.43 bits per heavy atom. The lowest BCUT2D eigenvalue weighted by molar-refractivity contribution is -0.0514. The largest absolute Gasteiger partial charge is 0.444 e. The van der Waals surface area contributed by atoms with Crippen LogP contribution < -0.4 is 10.6 Å². The molecule has 0 aromatic heterocycles. The molecule has 2 fully saturated rings. The summed E-state index contributed by atoms with van der Waals surface area (Å²) in [6.07, 6.45) is 3.15. The van der Waals surface area contributed by atoms with Gasteiger partial charge in [-0.05, 0) is 52.9 Å². The minimum absolute atomic E-state index is 0.104. The van der Waals surface area contributed by atoms with Crippen molar-refractivity contribution in [2.75, 3.05) is 6.61 Å². The second kappa shape index (κ2) is 6.53. The van der Waals surface area contributed by atoms with Crippen molar-refractivity contribution in [3.63, 3.8) is 0 Å².